The topological polar surface area (TPSA) is 58.1 Å². The van der Waals surface area contributed by atoms with Gasteiger partial charge in [0.2, 0.25) is 5.92 Å². The van der Waals surface area contributed by atoms with Crippen LogP contribution in [-0.2, 0) is 0 Å². The molecule has 25 heavy (non-hydrogen) atoms. The summed E-state index contributed by atoms with van der Waals surface area (Å²) in [4.78, 5) is 22.8. The van der Waals surface area contributed by atoms with Crippen LogP contribution in [0.2, 0.25) is 0 Å². The van der Waals surface area contributed by atoms with Crippen molar-refractivity contribution in [3.63, 3.8) is 0 Å². The normalized spacial score (nSPS) is 17.0. The van der Waals surface area contributed by atoms with Crippen LogP contribution in [0.1, 0.15) is 35.3 Å². The summed E-state index contributed by atoms with van der Waals surface area (Å²) in [5.74, 6) is -2.51. The first kappa shape index (κ1) is 17.3. The zero-order valence-corrected chi connectivity index (χ0v) is 14.0. The minimum atomic E-state index is -2.65. The number of hydrogen-bond donors (Lipinski definition) is 1. The largest absolute Gasteiger partial charge is 0.356 e. The fraction of sp³-hybridized carbons (Fsp3) is 0.389. The van der Waals surface area contributed by atoms with E-state index >= 15 is 0 Å². The van der Waals surface area contributed by atoms with E-state index in [2.05, 4.69) is 15.3 Å². The Morgan fingerprint density at radius 1 is 1.16 bits per heavy atom. The van der Waals surface area contributed by atoms with Gasteiger partial charge in [-0.15, -0.1) is 0 Å². The molecule has 1 fully saturated rings. The van der Waals surface area contributed by atoms with Crippen LogP contribution in [0, 0.1) is 6.92 Å². The second kappa shape index (κ2) is 7.13. The van der Waals surface area contributed by atoms with Gasteiger partial charge in [-0.3, -0.25) is 9.78 Å². The van der Waals surface area contributed by atoms with E-state index in [1.165, 1.54) is 0 Å². The third kappa shape index (κ3) is 4.29. The fourth-order valence-corrected chi connectivity index (χ4v) is 2.87. The summed E-state index contributed by atoms with van der Waals surface area (Å²) < 4.78 is 27.3. The SMILES string of the molecule is Cc1ccc(C(=O)Nc2ccncc2)c(N2CCCC(F)(F)CC2)n1. The van der Waals surface area contributed by atoms with Crippen LogP contribution in [0.15, 0.2) is 36.7 Å². The molecule has 1 amide bonds. The number of halogens is 2. The lowest BCUT2D eigenvalue weighted by Crippen LogP contribution is -2.29. The van der Waals surface area contributed by atoms with Crippen molar-refractivity contribution in [1.82, 2.24) is 9.97 Å². The lowest BCUT2D eigenvalue weighted by molar-refractivity contribution is -0.0102. The molecule has 0 aromatic carbocycles. The number of anilines is 2. The number of carbonyl (C=O) groups is 1. The van der Waals surface area contributed by atoms with E-state index in [4.69, 9.17) is 0 Å². The Kier molecular flexibility index (Phi) is 4.92. The van der Waals surface area contributed by atoms with Crippen molar-refractivity contribution in [3.8, 4) is 0 Å². The van der Waals surface area contributed by atoms with Crippen LogP contribution in [-0.4, -0.2) is 34.9 Å². The molecule has 0 aliphatic carbocycles. The average Bonchev–Trinajstić information content (AvgIpc) is 2.76. The number of aryl methyl sites for hydroxylation is 1. The Balaban J connectivity index is 1.86. The Morgan fingerprint density at radius 3 is 2.68 bits per heavy atom. The van der Waals surface area contributed by atoms with Gasteiger partial charge < -0.3 is 10.2 Å². The van der Waals surface area contributed by atoms with Gasteiger partial charge in [0.05, 0.1) is 5.56 Å². The molecular weight excluding hydrogens is 326 g/mol. The number of pyridine rings is 2. The molecular formula is C18H20F2N4O. The zero-order valence-electron chi connectivity index (χ0n) is 14.0. The van der Waals surface area contributed by atoms with Crippen molar-refractivity contribution < 1.29 is 13.6 Å². The maximum Gasteiger partial charge on any atom is 0.259 e. The number of amides is 1. The van der Waals surface area contributed by atoms with Crippen LogP contribution in [0.4, 0.5) is 20.3 Å². The summed E-state index contributed by atoms with van der Waals surface area (Å²) in [6.07, 6.45) is 3.18. The van der Waals surface area contributed by atoms with Crippen molar-refractivity contribution in [3.05, 3.63) is 47.9 Å². The summed E-state index contributed by atoms with van der Waals surface area (Å²) in [7, 11) is 0. The van der Waals surface area contributed by atoms with Gasteiger partial charge in [0.25, 0.3) is 5.91 Å². The fourth-order valence-electron chi connectivity index (χ4n) is 2.87. The second-order valence-corrected chi connectivity index (χ2v) is 6.21. The van der Waals surface area contributed by atoms with E-state index in [0.29, 0.717) is 30.0 Å². The Labute approximate surface area is 145 Å². The van der Waals surface area contributed by atoms with Crippen LogP contribution in [0.25, 0.3) is 0 Å². The zero-order chi connectivity index (χ0) is 17.9. The molecule has 0 spiro atoms. The van der Waals surface area contributed by atoms with Crippen LogP contribution < -0.4 is 10.2 Å². The quantitative estimate of drug-likeness (QED) is 0.921. The molecule has 0 radical (unpaired) electrons. The number of nitrogens with zero attached hydrogens (tertiary/aromatic N) is 3. The molecule has 0 bridgehead atoms. The number of aromatic nitrogens is 2. The first-order chi connectivity index (χ1) is 11.9. The predicted octanol–water partition coefficient (Wildman–Crippen LogP) is 3.66. The molecule has 3 heterocycles. The van der Waals surface area contributed by atoms with Crippen molar-refractivity contribution >= 4 is 17.4 Å². The molecule has 1 aliphatic heterocycles. The summed E-state index contributed by atoms with van der Waals surface area (Å²) in [5, 5.41) is 2.80. The molecule has 1 N–H and O–H groups in total. The predicted molar refractivity (Wildman–Crippen MR) is 92.2 cm³/mol. The highest BCUT2D eigenvalue weighted by molar-refractivity contribution is 6.07. The molecule has 2 aromatic heterocycles. The number of hydrogen-bond acceptors (Lipinski definition) is 4. The minimum Gasteiger partial charge on any atom is -0.356 e. The molecule has 5 nitrogen and oxygen atoms in total. The molecule has 3 rings (SSSR count). The van der Waals surface area contributed by atoms with E-state index in [1.807, 2.05) is 6.92 Å². The van der Waals surface area contributed by atoms with E-state index in [9.17, 15) is 13.6 Å². The van der Waals surface area contributed by atoms with Gasteiger partial charge in [-0.25, -0.2) is 13.8 Å². The Morgan fingerprint density at radius 2 is 1.92 bits per heavy atom. The number of alkyl halides is 2. The molecule has 2 aromatic rings. The first-order valence-electron chi connectivity index (χ1n) is 8.26. The van der Waals surface area contributed by atoms with E-state index in [1.54, 1.807) is 41.6 Å². The van der Waals surface area contributed by atoms with Gasteiger partial charge in [-0.1, -0.05) is 0 Å². The highest BCUT2D eigenvalue weighted by atomic mass is 19.3. The van der Waals surface area contributed by atoms with Crippen LogP contribution in [0.3, 0.4) is 0 Å². The monoisotopic (exact) mass is 346 g/mol. The standard InChI is InChI=1S/C18H20F2N4O/c1-13-3-4-15(17(25)23-14-5-9-21-10-6-14)16(22-13)24-11-2-7-18(19,20)8-12-24/h3-6,9-10H,2,7-8,11-12H2,1H3,(H,21,23,25). The van der Waals surface area contributed by atoms with Gasteiger partial charge in [0, 0.05) is 49.7 Å². The Bertz CT molecular complexity index is 752. The van der Waals surface area contributed by atoms with Crippen molar-refractivity contribution in [2.75, 3.05) is 23.3 Å². The maximum atomic E-state index is 13.6. The van der Waals surface area contributed by atoms with Crippen LogP contribution in [0.5, 0.6) is 0 Å². The summed E-state index contributed by atoms with van der Waals surface area (Å²) >= 11 is 0. The van der Waals surface area contributed by atoms with Crippen molar-refractivity contribution in [2.45, 2.75) is 32.1 Å². The third-order valence-electron chi connectivity index (χ3n) is 4.21. The van der Waals surface area contributed by atoms with E-state index < -0.39 is 5.92 Å². The molecule has 132 valence electrons. The van der Waals surface area contributed by atoms with Crippen molar-refractivity contribution in [2.24, 2.45) is 0 Å². The molecule has 0 saturated carbocycles. The number of rotatable bonds is 3. The molecule has 1 saturated heterocycles. The molecule has 0 unspecified atom stereocenters. The first-order valence-corrected chi connectivity index (χ1v) is 8.26. The average molecular weight is 346 g/mol. The molecule has 0 atom stereocenters. The van der Waals surface area contributed by atoms with E-state index in [-0.39, 0.29) is 25.3 Å². The lowest BCUT2D eigenvalue weighted by atomic mass is 10.1. The third-order valence-corrected chi connectivity index (χ3v) is 4.21. The molecule has 1 aliphatic rings. The summed E-state index contributed by atoms with van der Waals surface area (Å²) in [5.41, 5.74) is 1.74. The number of nitrogens with one attached hydrogen (secondary N) is 1. The van der Waals surface area contributed by atoms with Gasteiger partial charge in [-0.05, 0) is 37.6 Å². The maximum absolute atomic E-state index is 13.6. The van der Waals surface area contributed by atoms with Crippen LogP contribution >= 0.6 is 0 Å². The van der Waals surface area contributed by atoms with E-state index in [0.717, 1.165) is 5.69 Å². The highest BCUT2D eigenvalue weighted by Crippen LogP contribution is 2.30. The second-order valence-electron chi connectivity index (χ2n) is 6.21. The summed E-state index contributed by atoms with van der Waals surface area (Å²) in [6.45, 7) is 2.46. The smallest absolute Gasteiger partial charge is 0.259 e. The highest BCUT2D eigenvalue weighted by Gasteiger charge is 2.33. The van der Waals surface area contributed by atoms with Gasteiger partial charge in [-0.2, -0.15) is 0 Å². The van der Waals surface area contributed by atoms with Gasteiger partial charge in [0.1, 0.15) is 5.82 Å². The number of carbonyl (C=O) groups excluding carboxylic acids is 1. The van der Waals surface area contributed by atoms with Gasteiger partial charge >= 0.3 is 0 Å². The van der Waals surface area contributed by atoms with Crippen molar-refractivity contribution in [1.29, 1.82) is 0 Å². The lowest BCUT2D eigenvalue weighted by Gasteiger charge is -2.24. The Hall–Kier alpha value is -2.57. The molecule has 7 heteroatoms. The minimum absolute atomic E-state index is 0.131. The summed E-state index contributed by atoms with van der Waals surface area (Å²) in [6, 6.07) is 6.81. The van der Waals surface area contributed by atoms with Gasteiger partial charge in [0.15, 0.2) is 0 Å².